The molecule has 0 bridgehead atoms. The third kappa shape index (κ3) is 5.01. The van der Waals surface area contributed by atoms with E-state index in [0.29, 0.717) is 24.5 Å². The van der Waals surface area contributed by atoms with Gasteiger partial charge in [0.05, 0.1) is 37.2 Å². The molecule has 0 fully saturated rings. The summed E-state index contributed by atoms with van der Waals surface area (Å²) in [4.78, 5) is 13.9. The van der Waals surface area contributed by atoms with Crippen LogP contribution in [0.4, 0.5) is 11.4 Å². The second-order valence-electron chi connectivity index (χ2n) is 9.72. The summed E-state index contributed by atoms with van der Waals surface area (Å²) in [6, 6.07) is 21.7. The number of hydrogen-bond acceptors (Lipinski definition) is 6. The Kier molecular flexibility index (Phi) is 7.08. The van der Waals surface area contributed by atoms with Crippen molar-refractivity contribution in [2.45, 2.75) is 51.7 Å². The van der Waals surface area contributed by atoms with Gasteiger partial charge in [-0.05, 0) is 69.0 Å². The van der Waals surface area contributed by atoms with Gasteiger partial charge in [0.15, 0.2) is 17.3 Å². The molecule has 1 aliphatic carbocycles. The highest BCUT2D eigenvalue weighted by Crippen LogP contribution is 2.47. The van der Waals surface area contributed by atoms with Crippen molar-refractivity contribution in [2.24, 2.45) is 0 Å². The molecule has 2 unspecified atom stereocenters. The van der Waals surface area contributed by atoms with E-state index < -0.39 is 0 Å². The fourth-order valence-electron chi connectivity index (χ4n) is 5.27. The Hall–Kier alpha value is -3.93. The molecule has 0 saturated carbocycles. The lowest BCUT2D eigenvalue weighted by molar-refractivity contribution is -0.116. The van der Waals surface area contributed by atoms with E-state index in [-0.39, 0.29) is 23.8 Å². The van der Waals surface area contributed by atoms with E-state index in [1.807, 2.05) is 75.4 Å². The summed E-state index contributed by atoms with van der Waals surface area (Å²) >= 11 is 0. The largest absolute Gasteiger partial charge is 0.493 e. The number of carbonyl (C=O) groups excluding carboxylic acids is 1. The number of rotatable bonds is 7. The first kappa shape index (κ1) is 24.8. The molecule has 1 heterocycles. The lowest BCUT2D eigenvalue weighted by Crippen LogP contribution is -2.27. The summed E-state index contributed by atoms with van der Waals surface area (Å²) in [7, 11) is 1.64. The fourth-order valence-corrected chi connectivity index (χ4v) is 5.27. The maximum absolute atomic E-state index is 13.9. The Morgan fingerprint density at radius 1 is 0.946 bits per heavy atom. The molecule has 0 radical (unpaired) electrons. The molecule has 1 aliphatic heterocycles. The molecule has 2 N–H and O–H groups in total. The predicted molar refractivity (Wildman–Crippen MR) is 147 cm³/mol. The Morgan fingerprint density at radius 2 is 1.70 bits per heavy atom. The quantitative estimate of drug-likeness (QED) is 0.371. The monoisotopic (exact) mass is 498 g/mol. The van der Waals surface area contributed by atoms with E-state index in [1.54, 1.807) is 7.11 Å². The van der Waals surface area contributed by atoms with Crippen molar-refractivity contribution < 1.29 is 19.0 Å². The Morgan fingerprint density at radius 3 is 2.41 bits per heavy atom. The lowest BCUT2D eigenvalue weighted by Gasteiger charge is -2.31. The third-order valence-electron chi connectivity index (χ3n) is 6.86. The van der Waals surface area contributed by atoms with E-state index in [0.717, 1.165) is 45.9 Å². The molecule has 0 spiro atoms. The number of fused-ring (bicyclic) bond motifs is 1. The molecule has 0 aromatic heterocycles. The standard InChI is InChI=1S/C31H34N2O4/c1-5-36-31-23(9-8-12-28(31)35-4)30-29-26(32-24-10-6-7-11-25(24)33-30)17-21(18-27(29)34)20-13-15-22(16-14-20)37-19(2)3/h6-16,19,21,30,32-33H,5,17-18H2,1-4H3. The number of para-hydroxylation sites is 3. The highest BCUT2D eigenvalue weighted by atomic mass is 16.5. The lowest BCUT2D eigenvalue weighted by atomic mass is 9.78. The van der Waals surface area contributed by atoms with Gasteiger partial charge in [0.1, 0.15) is 5.75 Å². The van der Waals surface area contributed by atoms with Crippen LogP contribution in [-0.4, -0.2) is 25.6 Å². The number of benzene rings is 3. The Labute approximate surface area is 218 Å². The Balaban J connectivity index is 1.57. The summed E-state index contributed by atoms with van der Waals surface area (Å²) < 4.78 is 17.5. The molecule has 3 aromatic carbocycles. The van der Waals surface area contributed by atoms with Gasteiger partial charge in [-0.3, -0.25) is 4.79 Å². The molecule has 6 nitrogen and oxygen atoms in total. The van der Waals surface area contributed by atoms with Gasteiger partial charge in [0.25, 0.3) is 0 Å². The minimum Gasteiger partial charge on any atom is -0.493 e. The van der Waals surface area contributed by atoms with Gasteiger partial charge in [-0.15, -0.1) is 0 Å². The van der Waals surface area contributed by atoms with Gasteiger partial charge in [-0.2, -0.15) is 0 Å². The maximum Gasteiger partial charge on any atom is 0.166 e. The van der Waals surface area contributed by atoms with Crippen LogP contribution in [0.15, 0.2) is 78.0 Å². The average Bonchev–Trinajstić information content (AvgIpc) is 3.06. The smallest absolute Gasteiger partial charge is 0.166 e. The van der Waals surface area contributed by atoms with Crippen LogP contribution in [0.3, 0.4) is 0 Å². The second kappa shape index (κ2) is 10.6. The normalized spacial score (nSPS) is 18.8. The van der Waals surface area contributed by atoms with E-state index in [1.165, 1.54) is 0 Å². The van der Waals surface area contributed by atoms with Crippen LogP contribution in [0.1, 0.15) is 56.7 Å². The summed E-state index contributed by atoms with van der Waals surface area (Å²) in [6.45, 7) is 6.47. The Bertz CT molecular complexity index is 1310. The molecule has 2 aliphatic rings. The zero-order chi connectivity index (χ0) is 25.9. The number of methoxy groups -OCH3 is 1. The zero-order valence-electron chi connectivity index (χ0n) is 21.8. The van der Waals surface area contributed by atoms with Crippen molar-refractivity contribution in [3.63, 3.8) is 0 Å². The van der Waals surface area contributed by atoms with Crippen LogP contribution in [0, 0.1) is 0 Å². The van der Waals surface area contributed by atoms with Crippen molar-refractivity contribution in [2.75, 3.05) is 24.4 Å². The molecule has 6 heteroatoms. The van der Waals surface area contributed by atoms with Gasteiger partial charge in [0, 0.05) is 23.3 Å². The molecule has 0 saturated heterocycles. The summed E-state index contributed by atoms with van der Waals surface area (Å²) in [5.41, 5.74) is 5.60. The molecular weight excluding hydrogens is 464 g/mol. The number of ether oxygens (including phenoxy) is 3. The minimum atomic E-state index is -0.377. The van der Waals surface area contributed by atoms with Gasteiger partial charge in [-0.25, -0.2) is 0 Å². The highest BCUT2D eigenvalue weighted by molar-refractivity contribution is 6.01. The molecule has 2 atom stereocenters. The first-order chi connectivity index (χ1) is 18.0. The number of allylic oxidation sites excluding steroid dienone is 1. The number of hydrogen-bond donors (Lipinski definition) is 2. The van der Waals surface area contributed by atoms with Crippen molar-refractivity contribution in [3.8, 4) is 17.2 Å². The molecule has 37 heavy (non-hydrogen) atoms. The van der Waals surface area contributed by atoms with Crippen molar-refractivity contribution in [1.82, 2.24) is 0 Å². The SMILES string of the molecule is CCOc1c(OC)cccc1C1Nc2ccccc2NC2=C1C(=O)CC(c1ccc(OC(C)C)cc1)C2. The molecule has 192 valence electrons. The van der Waals surface area contributed by atoms with Crippen molar-refractivity contribution >= 4 is 17.2 Å². The second-order valence-corrected chi connectivity index (χ2v) is 9.72. The van der Waals surface area contributed by atoms with Crippen LogP contribution in [0.25, 0.3) is 0 Å². The maximum atomic E-state index is 13.9. The molecule has 5 rings (SSSR count). The van der Waals surface area contributed by atoms with Gasteiger partial charge < -0.3 is 24.8 Å². The van der Waals surface area contributed by atoms with E-state index in [4.69, 9.17) is 14.2 Å². The van der Waals surface area contributed by atoms with Crippen molar-refractivity contribution in [1.29, 1.82) is 0 Å². The average molecular weight is 499 g/mol. The van der Waals surface area contributed by atoms with Crippen LogP contribution < -0.4 is 24.8 Å². The summed E-state index contributed by atoms with van der Waals surface area (Å²) in [5.74, 6) is 2.35. The van der Waals surface area contributed by atoms with Crippen molar-refractivity contribution in [3.05, 3.63) is 89.1 Å². The van der Waals surface area contributed by atoms with E-state index >= 15 is 0 Å². The number of carbonyl (C=O) groups is 1. The topological polar surface area (TPSA) is 68.8 Å². The third-order valence-corrected chi connectivity index (χ3v) is 6.86. The number of anilines is 2. The first-order valence-electron chi connectivity index (χ1n) is 12.9. The van der Waals surface area contributed by atoms with Crippen LogP contribution in [-0.2, 0) is 4.79 Å². The van der Waals surface area contributed by atoms with Crippen LogP contribution in [0.2, 0.25) is 0 Å². The van der Waals surface area contributed by atoms with Gasteiger partial charge in [-0.1, -0.05) is 36.4 Å². The van der Waals surface area contributed by atoms with Gasteiger partial charge in [0.2, 0.25) is 0 Å². The first-order valence-corrected chi connectivity index (χ1v) is 12.9. The number of Topliss-reactive ketones (excluding diaryl/α,β-unsaturated/α-hetero) is 1. The van der Waals surface area contributed by atoms with Crippen LogP contribution in [0.5, 0.6) is 17.2 Å². The van der Waals surface area contributed by atoms with E-state index in [2.05, 4.69) is 22.8 Å². The predicted octanol–water partition coefficient (Wildman–Crippen LogP) is 6.86. The van der Waals surface area contributed by atoms with Crippen LogP contribution >= 0.6 is 0 Å². The minimum absolute atomic E-state index is 0.0782. The summed E-state index contributed by atoms with van der Waals surface area (Å²) in [5, 5.41) is 7.25. The molecule has 0 amide bonds. The van der Waals surface area contributed by atoms with Gasteiger partial charge >= 0.3 is 0 Å². The fraction of sp³-hybridized carbons (Fsp3) is 0.323. The number of nitrogens with one attached hydrogen (secondary N) is 2. The zero-order valence-corrected chi connectivity index (χ0v) is 21.8. The summed E-state index contributed by atoms with van der Waals surface area (Å²) in [6.07, 6.45) is 1.28. The highest BCUT2D eigenvalue weighted by Gasteiger charge is 2.37. The number of ketones is 1. The molecule has 3 aromatic rings. The molecular formula is C31H34N2O4. The van der Waals surface area contributed by atoms with E-state index in [9.17, 15) is 4.79 Å².